The molecule has 0 atom stereocenters. The van der Waals surface area contributed by atoms with Gasteiger partial charge in [0.2, 0.25) is 0 Å². The monoisotopic (exact) mass is 216 g/mol. The van der Waals surface area contributed by atoms with Crippen LogP contribution in [0.25, 0.3) is 0 Å². The maximum absolute atomic E-state index is 9.35. The Morgan fingerprint density at radius 2 is 1.40 bits per heavy atom. The molecule has 0 aliphatic carbocycles. The van der Waals surface area contributed by atoms with Crippen LogP contribution in [0.1, 0.15) is 47.5 Å². The van der Waals surface area contributed by atoms with E-state index in [1.54, 1.807) is 0 Å². The van der Waals surface area contributed by atoms with Crippen molar-refractivity contribution in [3.05, 3.63) is 0 Å². The second-order valence-corrected chi connectivity index (χ2v) is 5.25. The van der Waals surface area contributed by atoms with Gasteiger partial charge >= 0.3 is 0 Å². The van der Waals surface area contributed by atoms with Crippen molar-refractivity contribution in [1.82, 2.24) is 10.6 Å². The van der Waals surface area contributed by atoms with Crippen molar-refractivity contribution in [2.45, 2.75) is 58.5 Å². The third-order valence-corrected chi connectivity index (χ3v) is 2.94. The zero-order valence-electron chi connectivity index (χ0n) is 11.0. The highest BCUT2D eigenvalue weighted by Gasteiger charge is 2.23. The Labute approximate surface area is 94.6 Å². The predicted octanol–water partition coefficient (Wildman–Crippen LogP) is 1.52. The summed E-state index contributed by atoms with van der Waals surface area (Å²) in [4.78, 5) is 0. The molecule has 3 nitrogen and oxygen atoms in total. The van der Waals surface area contributed by atoms with E-state index in [4.69, 9.17) is 0 Å². The summed E-state index contributed by atoms with van der Waals surface area (Å²) in [7, 11) is 0. The highest BCUT2D eigenvalue weighted by Crippen LogP contribution is 2.13. The molecule has 0 rings (SSSR count). The smallest absolute Gasteiger partial charge is 0.0613 e. The van der Waals surface area contributed by atoms with E-state index < -0.39 is 0 Å². The first-order chi connectivity index (χ1) is 6.89. The molecular formula is C12H28N2O. The molecule has 0 unspecified atom stereocenters. The molecule has 92 valence electrons. The Bertz CT molecular complexity index is 151. The van der Waals surface area contributed by atoms with Crippen LogP contribution in [0.15, 0.2) is 0 Å². The summed E-state index contributed by atoms with van der Waals surface area (Å²) in [6.45, 7) is 12.8. The summed E-state index contributed by atoms with van der Waals surface area (Å²) in [5, 5.41) is 16.2. The van der Waals surface area contributed by atoms with Crippen LogP contribution in [-0.2, 0) is 0 Å². The molecule has 0 heterocycles. The fourth-order valence-electron chi connectivity index (χ4n) is 1.54. The number of aliphatic hydroxyl groups excluding tert-OH is 1. The van der Waals surface area contributed by atoms with Gasteiger partial charge in [-0.2, -0.15) is 0 Å². The molecular weight excluding hydrogens is 188 g/mol. The Balaban J connectivity index is 3.82. The number of aliphatic hydroxyl groups is 1. The highest BCUT2D eigenvalue weighted by molar-refractivity contribution is 4.85. The third-order valence-electron chi connectivity index (χ3n) is 2.94. The first-order valence-corrected chi connectivity index (χ1v) is 6.00. The van der Waals surface area contributed by atoms with E-state index in [2.05, 4.69) is 45.3 Å². The number of rotatable bonds is 7. The van der Waals surface area contributed by atoms with Crippen LogP contribution in [0.4, 0.5) is 0 Å². The molecule has 0 saturated carbocycles. The fraction of sp³-hybridized carbons (Fsp3) is 1.00. The molecule has 3 heteroatoms. The molecule has 0 aliphatic rings. The van der Waals surface area contributed by atoms with Gasteiger partial charge in [-0.1, -0.05) is 13.8 Å². The topological polar surface area (TPSA) is 44.3 Å². The first-order valence-electron chi connectivity index (χ1n) is 6.00. The summed E-state index contributed by atoms with van der Waals surface area (Å²) in [5.74, 6) is 0. The van der Waals surface area contributed by atoms with Crippen molar-refractivity contribution in [3.63, 3.8) is 0 Å². The SMILES string of the molecule is CCC(CC)(CO)NCCNC(C)(C)C. The van der Waals surface area contributed by atoms with Gasteiger partial charge in [0.25, 0.3) is 0 Å². The van der Waals surface area contributed by atoms with Crippen LogP contribution in [-0.4, -0.2) is 35.9 Å². The summed E-state index contributed by atoms with van der Waals surface area (Å²) in [5.41, 5.74) is 0.0849. The molecule has 3 N–H and O–H groups in total. The summed E-state index contributed by atoms with van der Waals surface area (Å²) >= 11 is 0. The van der Waals surface area contributed by atoms with Gasteiger partial charge in [-0.25, -0.2) is 0 Å². The maximum Gasteiger partial charge on any atom is 0.0613 e. The third kappa shape index (κ3) is 6.13. The lowest BCUT2D eigenvalue weighted by Gasteiger charge is -2.31. The minimum atomic E-state index is -0.0838. The highest BCUT2D eigenvalue weighted by atomic mass is 16.3. The molecule has 0 radical (unpaired) electrons. The van der Waals surface area contributed by atoms with Crippen LogP contribution in [0.5, 0.6) is 0 Å². The average molecular weight is 216 g/mol. The second kappa shape index (κ2) is 6.46. The minimum Gasteiger partial charge on any atom is -0.394 e. The number of hydrogen-bond acceptors (Lipinski definition) is 3. The van der Waals surface area contributed by atoms with Crippen molar-refractivity contribution in [2.75, 3.05) is 19.7 Å². The second-order valence-electron chi connectivity index (χ2n) is 5.25. The van der Waals surface area contributed by atoms with E-state index >= 15 is 0 Å². The average Bonchev–Trinajstić information content (AvgIpc) is 2.18. The van der Waals surface area contributed by atoms with Gasteiger partial charge in [0, 0.05) is 24.2 Å². The molecule has 0 aromatic heterocycles. The predicted molar refractivity (Wildman–Crippen MR) is 66.2 cm³/mol. The van der Waals surface area contributed by atoms with Gasteiger partial charge in [-0.05, 0) is 33.6 Å². The number of hydrogen-bond donors (Lipinski definition) is 3. The van der Waals surface area contributed by atoms with Gasteiger partial charge in [0.1, 0.15) is 0 Å². The van der Waals surface area contributed by atoms with Crippen molar-refractivity contribution >= 4 is 0 Å². The van der Waals surface area contributed by atoms with Crippen LogP contribution < -0.4 is 10.6 Å². The summed E-state index contributed by atoms with van der Waals surface area (Å²) in [6, 6.07) is 0. The standard InChI is InChI=1S/C12H28N2O/c1-6-12(7-2,10-15)14-9-8-13-11(3,4)5/h13-15H,6-10H2,1-5H3. The Morgan fingerprint density at radius 1 is 0.933 bits per heavy atom. The lowest BCUT2D eigenvalue weighted by molar-refractivity contribution is 0.151. The van der Waals surface area contributed by atoms with Crippen LogP contribution in [0, 0.1) is 0 Å². The van der Waals surface area contributed by atoms with Crippen LogP contribution in [0.2, 0.25) is 0 Å². The van der Waals surface area contributed by atoms with E-state index in [0.29, 0.717) is 0 Å². The van der Waals surface area contributed by atoms with Crippen molar-refractivity contribution in [2.24, 2.45) is 0 Å². The quantitative estimate of drug-likeness (QED) is 0.565. The zero-order chi connectivity index (χ0) is 11.9. The fourth-order valence-corrected chi connectivity index (χ4v) is 1.54. The first kappa shape index (κ1) is 14.9. The van der Waals surface area contributed by atoms with Gasteiger partial charge in [0.15, 0.2) is 0 Å². The Kier molecular flexibility index (Phi) is 6.41. The molecule has 15 heavy (non-hydrogen) atoms. The molecule has 0 aromatic rings. The lowest BCUT2D eigenvalue weighted by atomic mass is 9.94. The van der Waals surface area contributed by atoms with E-state index in [9.17, 15) is 5.11 Å². The van der Waals surface area contributed by atoms with Gasteiger partial charge < -0.3 is 15.7 Å². The molecule has 0 saturated heterocycles. The van der Waals surface area contributed by atoms with Gasteiger partial charge in [0.05, 0.1) is 6.61 Å². The van der Waals surface area contributed by atoms with Crippen LogP contribution in [0.3, 0.4) is 0 Å². The van der Waals surface area contributed by atoms with Crippen molar-refractivity contribution in [3.8, 4) is 0 Å². The largest absolute Gasteiger partial charge is 0.394 e. The van der Waals surface area contributed by atoms with Crippen molar-refractivity contribution < 1.29 is 5.11 Å². The lowest BCUT2D eigenvalue weighted by Crippen LogP contribution is -2.51. The minimum absolute atomic E-state index is 0.0838. The number of nitrogens with one attached hydrogen (secondary N) is 2. The van der Waals surface area contributed by atoms with Crippen LogP contribution >= 0.6 is 0 Å². The van der Waals surface area contributed by atoms with Crippen molar-refractivity contribution in [1.29, 1.82) is 0 Å². The molecule has 0 fully saturated rings. The molecule has 0 aromatic carbocycles. The van der Waals surface area contributed by atoms with E-state index in [1.807, 2.05) is 0 Å². The Hall–Kier alpha value is -0.120. The van der Waals surface area contributed by atoms with E-state index in [1.165, 1.54) is 0 Å². The molecule has 0 aliphatic heterocycles. The van der Waals surface area contributed by atoms with Gasteiger partial charge in [-0.3, -0.25) is 0 Å². The van der Waals surface area contributed by atoms with E-state index in [0.717, 1.165) is 25.9 Å². The molecule has 0 bridgehead atoms. The molecule has 0 spiro atoms. The van der Waals surface area contributed by atoms with Gasteiger partial charge in [-0.15, -0.1) is 0 Å². The summed E-state index contributed by atoms with van der Waals surface area (Å²) in [6.07, 6.45) is 1.94. The van der Waals surface area contributed by atoms with E-state index in [-0.39, 0.29) is 17.7 Å². The molecule has 0 amide bonds. The zero-order valence-corrected chi connectivity index (χ0v) is 11.0. The Morgan fingerprint density at radius 3 is 1.73 bits per heavy atom. The normalized spacial score (nSPS) is 13.2. The maximum atomic E-state index is 9.35. The summed E-state index contributed by atoms with van der Waals surface area (Å²) < 4.78 is 0.